The number of aliphatic hydroxyl groups is 1. The predicted octanol–water partition coefficient (Wildman–Crippen LogP) is 4.10. The molecule has 0 bridgehead atoms. The van der Waals surface area contributed by atoms with Crippen LogP contribution in [0.15, 0.2) is 48.5 Å². The molecule has 2 heteroatoms. The van der Waals surface area contributed by atoms with Gasteiger partial charge in [-0.25, -0.2) is 0 Å². The Balaban J connectivity index is 1.77. The highest BCUT2D eigenvalue weighted by Crippen LogP contribution is 2.31. The minimum Gasteiger partial charge on any atom is -0.396 e. The van der Waals surface area contributed by atoms with Crippen LogP contribution in [0.1, 0.15) is 42.0 Å². The van der Waals surface area contributed by atoms with E-state index in [0.717, 1.165) is 6.42 Å². The van der Waals surface area contributed by atoms with Crippen molar-refractivity contribution in [3.63, 3.8) is 0 Å². The summed E-state index contributed by atoms with van der Waals surface area (Å²) in [6.45, 7) is 0.211. The lowest BCUT2D eigenvalue weighted by molar-refractivity contribution is 0.299. The third-order valence-electron chi connectivity index (χ3n) is 4.31. The molecular weight excluding hydrogens is 258 g/mol. The van der Waals surface area contributed by atoms with Gasteiger partial charge in [0.05, 0.1) is 6.04 Å². The Morgan fingerprint density at radius 2 is 1.81 bits per heavy atom. The lowest BCUT2D eigenvalue weighted by atomic mass is 9.99. The summed E-state index contributed by atoms with van der Waals surface area (Å²) in [5.74, 6) is 0. The number of hydrogen-bond acceptors (Lipinski definition) is 2. The second-order valence-corrected chi connectivity index (χ2v) is 5.81. The van der Waals surface area contributed by atoms with Gasteiger partial charge in [0, 0.05) is 12.3 Å². The van der Waals surface area contributed by atoms with Gasteiger partial charge in [-0.05, 0) is 54.5 Å². The Morgan fingerprint density at radius 3 is 2.62 bits per heavy atom. The second-order valence-electron chi connectivity index (χ2n) is 5.81. The molecule has 0 amide bonds. The third-order valence-corrected chi connectivity index (χ3v) is 4.31. The van der Waals surface area contributed by atoms with Crippen LogP contribution < -0.4 is 5.32 Å². The molecule has 0 saturated heterocycles. The van der Waals surface area contributed by atoms with Crippen molar-refractivity contribution >= 4 is 5.69 Å². The molecule has 0 aliphatic heterocycles. The highest BCUT2D eigenvalue weighted by molar-refractivity contribution is 5.48. The number of rotatable bonds is 4. The van der Waals surface area contributed by atoms with Gasteiger partial charge < -0.3 is 10.4 Å². The third kappa shape index (κ3) is 3.45. The van der Waals surface area contributed by atoms with Crippen LogP contribution in [0.2, 0.25) is 0 Å². The lowest BCUT2D eigenvalue weighted by Crippen LogP contribution is -2.11. The summed E-state index contributed by atoms with van der Waals surface area (Å²) in [6.07, 6.45) is 5.67. The molecular formula is C19H23NO. The van der Waals surface area contributed by atoms with Gasteiger partial charge in [0.2, 0.25) is 0 Å². The summed E-state index contributed by atoms with van der Waals surface area (Å²) in [6, 6.07) is 17.7. The molecule has 1 unspecified atom stereocenters. The van der Waals surface area contributed by atoms with Gasteiger partial charge in [-0.1, -0.05) is 42.8 Å². The van der Waals surface area contributed by atoms with Gasteiger partial charge in [-0.2, -0.15) is 0 Å². The van der Waals surface area contributed by atoms with E-state index in [-0.39, 0.29) is 6.61 Å². The zero-order valence-corrected chi connectivity index (χ0v) is 12.4. The summed E-state index contributed by atoms with van der Waals surface area (Å²) < 4.78 is 0. The van der Waals surface area contributed by atoms with Crippen LogP contribution in [0.3, 0.4) is 0 Å². The maximum absolute atomic E-state index is 8.97. The molecule has 0 aromatic heterocycles. The van der Waals surface area contributed by atoms with Crippen molar-refractivity contribution in [3.05, 3.63) is 65.2 Å². The molecule has 1 atom stereocenters. The van der Waals surface area contributed by atoms with Crippen LogP contribution in [0, 0.1) is 0 Å². The quantitative estimate of drug-likeness (QED) is 0.827. The molecule has 1 aliphatic rings. The topological polar surface area (TPSA) is 32.3 Å². The van der Waals surface area contributed by atoms with Gasteiger partial charge in [0.1, 0.15) is 0 Å². The smallest absolute Gasteiger partial charge is 0.0516 e. The van der Waals surface area contributed by atoms with Crippen molar-refractivity contribution in [1.82, 2.24) is 0 Å². The Hall–Kier alpha value is -1.80. The van der Waals surface area contributed by atoms with Gasteiger partial charge in [-0.3, -0.25) is 0 Å². The van der Waals surface area contributed by atoms with Crippen LogP contribution in [0.5, 0.6) is 0 Å². The second kappa shape index (κ2) is 6.77. The number of benzene rings is 2. The molecule has 0 radical (unpaired) electrons. The normalized spacial score (nSPS) is 17.9. The molecule has 21 heavy (non-hydrogen) atoms. The van der Waals surface area contributed by atoms with E-state index in [9.17, 15) is 0 Å². The summed E-state index contributed by atoms with van der Waals surface area (Å²) >= 11 is 0. The first-order valence-corrected chi connectivity index (χ1v) is 7.91. The minimum absolute atomic E-state index is 0.211. The SMILES string of the molecule is OCCc1ccc(NC2CCCCc3ccccc32)cc1. The maximum Gasteiger partial charge on any atom is 0.0516 e. The van der Waals surface area contributed by atoms with Crippen molar-refractivity contribution < 1.29 is 5.11 Å². The highest BCUT2D eigenvalue weighted by Gasteiger charge is 2.17. The number of nitrogens with one attached hydrogen (secondary N) is 1. The molecule has 3 rings (SSSR count). The van der Waals surface area contributed by atoms with E-state index in [1.165, 1.54) is 48.1 Å². The van der Waals surface area contributed by atoms with Crippen molar-refractivity contribution in [1.29, 1.82) is 0 Å². The number of hydrogen-bond donors (Lipinski definition) is 2. The molecule has 2 aromatic carbocycles. The van der Waals surface area contributed by atoms with E-state index in [1.807, 2.05) is 0 Å². The van der Waals surface area contributed by atoms with Crippen molar-refractivity contribution in [2.75, 3.05) is 11.9 Å². The van der Waals surface area contributed by atoms with Gasteiger partial charge in [0.15, 0.2) is 0 Å². The fourth-order valence-electron chi connectivity index (χ4n) is 3.17. The Labute approximate surface area is 126 Å². The summed E-state index contributed by atoms with van der Waals surface area (Å²) in [5.41, 5.74) is 5.29. The molecule has 0 heterocycles. The first kappa shape index (κ1) is 14.2. The molecule has 0 saturated carbocycles. The van der Waals surface area contributed by atoms with Crippen LogP contribution >= 0.6 is 0 Å². The summed E-state index contributed by atoms with van der Waals surface area (Å²) in [5, 5.41) is 12.7. The minimum atomic E-state index is 0.211. The van der Waals surface area contributed by atoms with Crippen molar-refractivity contribution in [2.45, 2.75) is 38.1 Å². The Morgan fingerprint density at radius 1 is 1.00 bits per heavy atom. The van der Waals surface area contributed by atoms with E-state index >= 15 is 0 Å². The molecule has 110 valence electrons. The number of aryl methyl sites for hydroxylation is 1. The summed E-state index contributed by atoms with van der Waals surface area (Å²) in [4.78, 5) is 0. The molecule has 2 nitrogen and oxygen atoms in total. The van der Waals surface area contributed by atoms with E-state index < -0.39 is 0 Å². The highest BCUT2D eigenvalue weighted by atomic mass is 16.2. The van der Waals surface area contributed by atoms with E-state index in [2.05, 4.69) is 53.8 Å². The fourth-order valence-corrected chi connectivity index (χ4v) is 3.17. The van der Waals surface area contributed by atoms with Crippen LogP contribution in [0.4, 0.5) is 5.69 Å². The monoisotopic (exact) mass is 281 g/mol. The van der Waals surface area contributed by atoms with Gasteiger partial charge in [-0.15, -0.1) is 0 Å². The fraction of sp³-hybridized carbons (Fsp3) is 0.368. The Kier molecular flexibility index (Phi) is 4.56. The van der Waals surface area contributed by atoms with Crippen LogP contribution in [-0.4, -0.2) is 11.7 Å². The van der Waals surface area contributed by atoms with Crippen molar-refractivity contribution in [3.8, 4) is 0 Å². The zero-order chi connectivity index (χ0) is 14.5. The molecule has 0 fully saturated rings. The van der Waals surface area contributed by atoms with E-state index in [4.69, 9.17) is 5.11 Å². The van der Waals surface area contributed by atoms with Gasteiger partial charge >= 0.3 is 0 Å². The molecule has 1 aliphatic carbocycles. The maximum atomic E-state index is 8.97. The average Bonchev–Trinajstić information content (AvgIpc) is 2.72. The van der Waals surface area contributed by atoms with Crippen molar-refractivity contribution in [2.24, 2.45) is 0 Å². The zero-order valence-electron chi connectivity index (χ0n) is 12.4. The molecule has 2 aromatic rings. The number of aliphatic hydroxyl groups excluding tert-OH is 1. The predicted molar refractivity (Wildman–Crippen MR) is 87.6 cm³/mol. The van der Waals surface area contributed by atoms with Gasteiger partial charge in [0.25, 0.3) is 0 Å². The van der Waals surface area contributed by atoms with Crippen LogP contribution in [0.25, 0.3) is 0 Å². The lowest BCUT2D eigenvalue weighted by Gasteiger charge is -2.21. The van der Waals surface area contributed by atoms with E-state index in [0.29, 0.717) is 6.04 Å². The first-order chi connectivity index (χ1) is 10.4. The largest absolute Gasteiger partial charge is 0.396 e. The summed E-state index contributed by atoms with van der Waals surface area (Å²) in [7, 11) is 0. The Bertz CT molecular complexity index is 576. The van der Waals surface area contributed by atoms with Crippen LogP contribution in [-0.2, 0) is 12.8 Å². The number of anilines is 1. The standard InChI is InChI=1S/C19H23NO/c21-14-13-15-9-11-17(12-10-15)20-19-8-4-2-6-16-5-1-3-7-18(16)19/h1,3,5,7,9-12,19-21H,2,4,6,8,13-14H2. The average molecular weight is 281 g/mol. The molecule has 0 spiro atoms. The number of fused-ring (bicyclic) bond motifs is 1. The first-order valence-electron chi connectivity index (χ1n) is 7.91. The van der Waals surface area contributed by atoms with E-state index in [1.54, 1.807) is 0 Å². The molecule has 2 N–H and O–H groups in total.